The third kappa shape index (κ3) is 2.02. The lowest BCUT2D eigenvalue weighted by Crippen LogP contribution is -2.12. The van der Waals surface area contributed by atoms with E-state index in [1.807, 2.05) is 0 Å². The van der Waals surface area contributed by atoms with Crippen molar-refractivity contribution in [3.8, 4) is 0 Å². The highest BCUT2D eigenvalue weighted by Crippen LogP contribution is 2.25. The summed E-state index contributed by atoms with van der Waals surface area (Å²) in [5, 5.41) is 9.28. The van der Waals surface area contributed by atoms with E-state index in [0.717, 1.165) is 5.56 Å². The lowest BCUT2D eigenvalue weighted by molar-refractivity contribution is -0.141. The molecule has 1 atom stereocenters. The van der Waals surface area contributed by atoms with E-state index in [9.17, 15) is 4.79 Å². The molecule has 1 heterocycles. The molecule has 0 aliphatic rings. The Morgan fingerprint density at radius 2 is 2.38 bits per heavy atom. The molecular formula is C11H10ClNO3. The maximum Gasteiger partial charge on any atom is 0.306 e. The summed E-state index contributed by atoms with van der Waals surface area (Å²) in [5.74, 6) is -1.27. The second-order valence-electron chi connectivity index (χ2n) is 3.72. The fourth-order valence-electron chi connectivity index (χ4n) is 1.54. The lowest BCUT2D eigenvalue weighted by atomic mass is 10.0. The first-order chi connectivity index (χ1) is 7.58. The zero-order valence-electron chi connectivity index (χ0n) is 8.61. The Morgan fingerprint density at radius 3 is 3.06 bits per heavy atom. The number of aromatic nitrogens is 1. The van der Waals surface area contributed by atoms with Crippen LogP contribution in [0.3, 0.4) is 0 Å². The first-order valence-electron chi connectivity index (χ1n) is 4.82. The average molecular weight is 240 g/mol. The maximum atomic E-state index is 10.7. The summed E-state index contributed by atoms with van der Waals surface area (Å²) in [5.41, 5.74) is 2.04. The van der Waals surface area contributed by atoms with Crippen molar-refractivity contribution in [1.82, 2.24) is 4.98 Å². The smallest absolute Gasteiger partial charge is 0.306 e. The number of carboxylic acid groups (broad SMARTS) is 1. The van der Waals surface area contributed by atoms with Crippen molar-refractivity contribution < 1.29 is 14.3 Å². The second-order valence-corrected chi connectivity index (χ2v) is 4.13. The monoisotopic (exact) mass is 239 g/mol. The molecule has 0 saturated heterocycles. The number of nitrogens with zero attached hydrogens (tertiary/aromatic N) is 1. The summed E-state index contributed by atoms with van der Waals surface area (Å²) in [6.45, 7) is 1.66. The summed E-state index contributed by atoms with van der Waals surface area (Å²) < 4.78 is 5.10. The number of benzene rings is 1. The number of carboxylic acids is 1. The van der Waals surface area contributed by atoms with E-state index in [2.05, 4.69) is 4.98 Å². The van der Waals surface area contributed by atoms with Gasteiger partial charge in [-0.3, -0.25) is 4.79 Å². The quantitative estimate of drug-likeness (QED) is 0.895. The van der Waals surface area contributed by atoms with Gasteiger partial charge in [-0.05, 0) is 24.1 Å². The zero-order chi connectivity index (χ0) is 11.7. The molecule has 1 unspecified atom stereocenters. The summed E-state index contributed by atoms with van der Waals surface area (Å²) in [7, 11) is 0. The van der Waals surface area contributed by atoms with E-state index in [4.69, 9.17) is 21.1 Å². The number of oxazole rings is 1. The SMILES string of the molecule is CC(Cc1cc(Cl)c2ocnc2c1)C(=O)O. The van der Waals surface area contributed by atoms with Crippen molar-refractivity contribution in [3.05, 3.63) is 29.1 Å². The van der Waals surface area contributed by atoms with E-state index in [1.165, 1.54) is 6.39 Å². The molecule has 0 spiro atoms. The molecule has 4 nitrogen and oxygen atoms in total. The van der Waals surface area contributed by atoms with Crippen LogP contribution in [-0.2, 0) is 11.2 Å². The Hall–Kier alpha value is -1.55. The van der Waals surface area contributed by atoms with Gasteiger partial charge in [0, 0.05) is 0 Å². The van der Waals surface area contributed by atoms with Gasteiger partial charge in [0.05, 0.1) is 10.9 Å². The minimum Gasteiger partial charge on any atom is -0.481 e. The van der Waals surface area contributed by atoms with Crippen LogP contribution in [0, 0.1) is 5.92 Å². The van der Waals surface area contributed by atoms with E-state index in [-0.39, 0.29) is 0 Å². The van der Waals surface area contributed by atoms with E-state index in [1.54, 1.807) is 19.1 Å². The highest BCUT2D eigenvalue weighted by molar-refractivity contribution is 6.34. The molecule has 0 aliphatic heterocycles. The largest absolute Gasteiger partial charge is 0.481 e. The van der Waals surface area contributed by atoms with Gasteiger partial charge in [0.1, 0.15) is 5.52 Å². The van der Waals surface area contributed by atoms with Gasteiger partial charge in [-0.1, -0.05) is 18.5 Å². The van der Waals surface area contributed by atoms with Gasteiger partial charge in [0.15, 0.2) is 12.0 Å². The van der Waals surface area contributed by atoms with E-state index >= 15 is 0 Å². The Labute approximate surface area is 96.8 Å². The molecule has 2 rings (SSSR count). The number of hydrogen-bond donors (Lipinski definition) is 1. The molecule has 1 aromatic carbocycles. The van der Waals surface area contributed by atoms with Crippen LogP contribution >= 0.6 is 11.6 Å². The standard InChI is InChI=1S/C11H10ClNO3/c1-6(11(14)15)2-7-3-8(12)10-9(4-7)13-5-16-10/h3-6H,2H2,1H3,(H,14,15). The lowest BCUT2D eigenvalue weighted by Gasteiger charge is -2.06. The molecule has 0 radical (unpaired) electrons. The third-order valence-corrected chi connectivity index (χ3v) is 2.69. The van der Waals surface area contributed by atoms with Crippen molar-refractivity contribution in [2.24, 2.45) is 5.92 Å². The summed E-state index contributed by atoms with van der Waals surface area (Å²) in [6, 6.07) is 3.51. The molecule has 16 heavy (non-hydrogen) atoms. The van der Waals surface area contributed by atoms with Crippen LogP contribution in [0.5, 0.6) is 0 Å². The highest BCUT2D eigenvalue weighted by Gasteiger charge is 2.14. The van der Waals surface area contributed by atoms with Crippen LogP contribution in [0.25, 0.3) is 11.1 Å². The molecule has 0 fully saturated rings. The average Bonchev–Trinajstić information content (AvgIpc) is 2.65. The predicted octanol–water partition coefficient (Wildman–Crippen LogP) is 2.74. The molecular weight excluding hydrogens is 230 g/mol. The van der Waals surface area contributed by atoms with Gasteiger partial charge >= 0.3 is 5.97 Å². The molecule has 0 bridgehead atoms. The maximum absolute atomic E-state index is 10.7. The fourth-order valence-corrected chi connectivity index (χ4v) is 1.82. The van der Waals surface area contributed by atoms with Gasteiger partial charge in [0.25, 0.3) is 0 Å². The van der Waals surface area contributed by atoms with Crippen molar-refractivity contribution >= 4 is 28.7 Å². The molecule has 0 saturated carbocycles. The normalized spacial score (nSPS) is 12.9. The molecule has 2 aromatic rings. The minimum atomic E-state index is -0.823. The zero-order valence-corrected chi connectivity index (χ0v) is 9.36. The number of carbonyl (C=O) groups is 1. The van der Waals surface area contributed by atoms with Gasteiger partial charge < -0.3 is 9.52 Å². The van der Waals surface area contributed by atoms with E-state index < -0.39 is 11.9 Å². The fraction of sp³-hybridized carbons (Fsp3) is 0.273. The molecule has 0 aliphatic carbocycles. The van der Waals surface area contributed by atoms with Crippen LogP contribution in [0.4, 0.5) is 0 Å². The van der Waals surface area contributed by atoms with Crippen LogP contribution in [0.1, 0.15) is 12.5 Å². The van der Waals surface area contributed by atoms with Crippen molar-refractivity contribution in [2.45, 2.75) is 13.3 Å². The Kier molecular flexibility index (Phi) is 2.83. The first kappa shape index (κ1) is 11.0. The number of aliphatic carboxylic acids is 1. The van der Waals surface area contributed by atoms with Crippen LogP contribution < -0.4 is 0 Å². The van der Waals surface area contributed by atoms with Crippen LogP contribution in [0.15, 0.2) is 22.9 Å². The number of halogens is 1. The molecule has 0 amide bonds. The molecule has 1 N–H and O–H groups in total. The number of fused-ring (bicyclic) bond motifs is 1. The molecule has 1 aromatic heterocycles. The Morgan fingerprint density at radius 1 is 1.62 bits per heavy atom. The topological polar surface area (TPSA) is 63.3 Å². The van der Waals surface area contributed by atoms with Crippen LogP contribution in [0.2, 0.25) is 5.02 Å². The van der Waals surface area contributed by atoms with Gasteiger partial charge in [-0.15, -0.1) is 0 Å². The number of hydrogen-bond acceptors (Lipinski definition) is 3. The highest BCUT2D eigenvalue weighted by atomic mass is 35.5. The second kappa shape index (κ2) is 4.14. The predicted molar refractivity (Wildman–Crippen MR) is 59.5 cm³/mol. The van der Waals surface area contributed by atoms with Gasteiger partial charge in [-0.25, -0.2) is 4.98 Å². The summed E-state index contributed by atoms with van der Waals surface area (Å²) in [4.78, 5) is 14.7. The summed E-state index contributed by atoms with van der Waals surface area (Å²) in [6.07, 6.45) is 1.75. The molecule has 84 valence electrons. The molecule has 5 heteroatoms. The Bertz CT molecular complexity index is 535. The van der Waals surface area contributed by atoms with Crippen LogP contribution in [-0.4, -0.2) is 16.1 Å². The minimum absolute atomic E-state index is 0.428. The summed E-state index contributed by atoms with van der Waals surface area (Å²) >= 11 is 5.99. The van der Waals surface area contributed by atoms with Gasteiger partial charge in [0.2, 0.25) is 0 Å². The van der Waals surface area contributed by atoms with Crippen molar-refractivity contribution in [1.29, 1.82) is 0 Å². The first-order valence-corrected chi connectivity index (χ1v) is 5.20. The Balaban J connectivity index is 2.35. The number of rotatable bonds is 3. The van der Waals surface area contributed by atoms with Gasteiger partial charge in [-0.2, -0.15) is 0 Å². The third-order valence-electron chi connectivity index (χ3n) is 2.41. The van der Waals surface area contributed by atoms with Crippen molar-refractivity contribution in [3.63, 3.8) is 0 Å². The van der Waals surface area contributed by atoms with E-state index in [0.29, 0.717) is 22.5 Å². The van der Waals surface area contributed by atoms with Crippen molar-refractivity contribution in [2.75, 3.05) is 0 Å².